The molecule has 3 rings (SSSR count). The van der Waals surface area contributed by atoms with Crippen LogP contribution in [0.5, 0.6) is 0 Å². The summed E-state index contributed by atoms with van der Waals surface area (Å²) in [5.41, 5.74) is 2.52. The summed E-state index contributed by atoms with van der Waals surface area (Å²) in [7, 11) is 0. The Morgan fingerprint density at radius 2 is 2.00 bits per heavy atom. The summed E-state index contributed by atoms with van der Waals surface area (Å²) in [5.74, 6) is -0.516. The predicted molar refractivity (Wildman–Crippen MR) is 77.4 cm³/mol. The van der Waals surface area contributed by atoms with Crippen LogP contribution in [-0.4, -0.2) is 11.9 Å². The number of carbonyl (C=O) groups is 1. The second-order valence-electron chi connectivity index (χ2n) is 5.20. The van der Waals surface area contributed by atoms with Crippen LogP contribution in [0.4, 0.5) is 10.1 Å². The lowest BCUT2D eigenvalue weighted by Gasteiger charge is -2.35. The van der Waals surface area contributed by atoms with Crippen molar-refractivity contribution in [2.45, 2.75) is 25.8 Å². The number of aryl methyl sites for hydroxylation is 1. The molecule has 0 bridgehead atoms. The lowest BCUT2D eigenvalue weighted by atomic mass is 9.96. The molecule has 102 valence electrons. The summed E-state index contributed by atoms with van der Waals surface area (Å²) >= 11 is 0. The van der Waals surface area contributed by atoms with Crippen molar-refractivity contribution in [1.82, 2.24) is 0 Å². The van der Waals surface area contributed by atoms with E-state index >= 15 is 0 Å². The molecule has 0 saturated carbocycles. The van der Waals surface area contributed by atoms with Gasteiger partial charge >= 0.3 is 0 Å². The first-order valence-corrected chi connectivity index (χ1v) is 6.84. The molecule has 0 N–H and O–H groups in total. The van der Waals surface area contributed by atoms with E-state index in [4.69, 9.17) is 0 Å². The number of nitrogens with zero attached hydrogens (tertiary/aromatic N) is 1. The molecule has 1 unspecified atom stereocenters. The van der Waals surface area contributed by atoms with Crippen LogP contribution < -0.4 is 4.90 Å². The highest BCUT2D eigenvalue weighted by Crippen LogP contribution is 2.31. The molecular weight excluding hydrogens is 253 g/mol. The van der Waals surface area contributed by atoms with Gasteiger partial charge in [-0.1, -0.05) is 24.3 Å². The molecule has 0 radical (unpaired) electrons. The fourth-order valence-corrected chi connectivity index (χ4v) is 2.76. The van der Waals surface area contributed by atoms with Gasteiger partial charge in [-0.05, 0) is 49.6 Å². The third-order valence-electron chi connectivity index (χ3n) is 3.81. The van der Waals surface area contributed by atoms with Crippen molar-refractivity contribution in [2.24, 2.45) is 0 Å². The van der Waals surface area contributed by atoms with Gasteiger partial charge in [0.1, 0.15) is 5.82 Å². The summed E-state index contributed by atoms with van der Waals surface area (Å²) in [6.07, 6.45) is 1.91. The SMILES string of the molecule is CC1CCc2ccccc2N1C(=O)c1cccc(F)c1. The van der Waals surface area contributed by atoms with Crippen LogP contribution in [0.15, 0.2) is 48.5 Å². The molecule has 2 nitrogen and oxygen atoms in total. The summed E-state index contributed by atoms with van der Waals surface area (Å²) in [5, 5.41) is 0. The molecule has 0 aliphatic carbocycles. The molecule has 1 heterocycles. The lowest BCUT2D eigenvalue weighted by Crippen LogP contribution is -2.42. The monoisotopic (exact) mass is 269 g/mol. The molecule has 20 heavy (non-hydrogen) atoms. The van der Waals surface area contributed by atoms with Crippen LogP contribution in [0.3, 0.4) is 0 Å². The highest BCUT2D eigenvalue weighted by molar-refractivity contribution is 6.07. The molecule has 0 fully saturated rings. The third-order valence-corrected chi connectivity index (χ3v) is 3.81. The molecule has 1 atom stereocenters. The van der Waals surface area contributed by atoms with Crippen molar-refractivity contribution >= 4 is 11.6 Å². The fourth-order valence-electron chi connectivity index (χ4n) is 2.76. The predicted octanol–water partition coefficient (Wildman–Crippen LogP) is 3.81. The maximum absolute atomic E-state index is 13.3. The molecule has 0 saturated heterocycles. The number of halogens is 1. The van der Waals surface area contributed by atoms with Crippen LogP contribution >= 0.6 is 0 Å². The number of hydrogen-bond donors (Lipinski definition) is 0. The number of amides is 1. The first-order chi connectivity index (χ1) is 9.66. The summed E-state index contributed by atoms with van der Waals surface area (Å²) in [6, 6.07) is 13.9. The molecule has 1 amide bonds. The number of fused-ring (bicyclic) bond motifs is 1. The average molecular weight is 269 g/mol. The van der Waals surface area contributed by atoms with Gasteiger partial charge in [0.2, 0.25) is 0 Å². The van der Waals surface area contributed by atoms with Gasteiger partial charge in [0, 0.05) is 17.3 Å². The van der Waals surface area contributed by atoms with Crippen molar-refractivity contribution in [3.63, 3.8) is 0 Å². The second kappa shape index (κ2) is 5.08. The van der Waals surface area contributed by atoms with E-state index in [0.29, 0.717) is 5.56 Å². The number of anilines is 1. The Hall–Kier alpha value is -2.16. The molecule has 0 aromatic heterocycles. The summed E-state index contributed by atoms with van der Waals surface area (Å²) in [4.78, 5) is 14.5. The lowest BCUT2D eigenvalue weighted by molar-refractivity contribution is 0.0975. The minimum Gasteiger partial charge on any atom is -0.305 e. The Bertz CT molecular complexity index is 653. The minimum absolute atomic E-state index is 0.126. The van der Waals surface area contributed by atoms with Gasteiger partial charge in [-0.2, -0.15) is 0 Å². The van der Waals surface area contributed by atoms with Gasteiger partial charge in [0.05, 0.1) is 0 Å². The Balaban J connectivity index is 2.03. The van der Waals surface area contributed by atoms with E-state index < -0.39 is 0 Å². The zero-order valence-electron chi connectivity index (χ0n) is 11.3. The third kappa shape index (κ3) is 2.20. The largest absolute Gasteiger partial charge is 0.305 e. The Labute approximate surface area is 117 Å². The van der Waals surface area contributed by atoms with Gasteiger partial charge in [-0.25, -0.2) is 4.39 Å². The molecule has 2 aromatic rings. The molecule has 2 aromatic carbocycles. The van der Waals surface area contributed by atoms with Crippen LogP contribution in [0, 0.1) is 5.82 Å². The molecule has 1 aliphatic heterocycles. The maximum Gasteiger partial charge on any atom is 0.258 e. The van der Waals surface area contributed by atoms with Crippen LogP contribution in [0.25, 0.3) is 0 Å². The summed E-state index contributed by atoms with van der Waals surface area (Å²) < 4.78 is 13.3. The van der Waals surface area contributed by atoms with E-state index in [1.165, 1.54) is 17.7 Å². The molecule has 1 aliphatic rings. The Kier molecular flexibility index (Phi) is 3.26. The first kappa shape index (κ1) is 12.9. The van der Waals surface area contributed by atoms with Gasteiger partial charge in [0.25, 0.3) is 5.91 Å². The molecule has 3 heteroatoms. The van der Waals surface area contributed by atoms with Crippen molar-refractivity contribution in [3.8, 4) is 0 Å². The highest BCUT2D eigenvalue weighted by atomic mass is 19.1. The van der Waals surface area contributed by atoms with E-state index in [-0.39, 0.29) is 17.8 Å². The fraction of sp³-hybridized carbons (Fsp3) is 0.235. The van der Waals surface area contributed by atoms with Gasteiger partial charge in [0.15, 0.2) is 0 Å². The Morgan fingerprint density at radius 1 is 1.20 bits per heavy atom. The number of rotatable bonds is 1. The van der Waals surface area contributed by atoms with E-state index in [9.17, 15) is 9.18 Å². The number of carbonyl (C=O) groups excluding carboxylic acids is 1. The maximum atomic E-state index is 13.3. The van der Waals surface area contributed by atoms with Crippen molar-refractivity contribution in [3.05, 3.63) is 65.5 Å². The van der Waals surface area contributed by atoms with Crippen LogP contribution in [0.2, 0.25) is 0 Å². The standard InChI is InChI=1S/C17H16FNO/c1-12-9-10-13-5-2-3-8-16(13)19(12)17(20)14-6-4-7-15(18)11-14/h2-8,11-12H,9-10H2,1H3. The number of hydrogen-bond acceptors (Lipinski definition) is 1. The molecule has 0 spiro atoms. The van der Waals surface area contributed by atoms with Crippen molar-refractivity contribution in [1.29, 1.82) is 0 Å². The number of para-hydroxylation sites is 1. The smallest absolute Gasteiger partial charge is 0.258 e. The van der Waals surface area contributed by atoms with E-state index in [0.717, 1.165) is 18.5 Å². The highest BCUT2D eigenvalue weighted by Gasteiger charge is 2.28. The first-order valence-electron chi connectivity index (χ1n) is 6.84. The van der Waals surface area contributed by atoms with E-state index in [1.54, 1.807) is 17.0 Å². The Morgan fingerprint density at radius 3 is 2.80 bits per heavy atom. The zero-order chi connectivity index (χ0) is 14.1. The van der Waals surface area contributed by atoms with Crippen molar-refractivity contribution in [2.75, 3.05) is 4.90 Å². The minimum atomic E-state index is -0.381. The normalized spacial score (nSPS) is 17.7. The average Bonchev–Trinajstić information content (AvgIpc) is 2.46. The van der Waals surface area contributed by atoms with Crippen LogP contribution in [0.1, 0.15) is 29.3 Å². The van der Waals surface area contributed by atoms with Gasteiger partial charge in [-0.3, -0.25) is 4.79 Å². The van der Waals surface area contributed by atoms with E-state index in [2.05, 4.69) is 0 Å². The zero-order valence-corrected chi connectivity index (χ0v) is 11.3. The summed E-state index contributed by atoms with van der Waals surface area (Å²) in [6.45, 7) is 2.03. The quantitative estimate of drug-likeness (QED) is 0.771. The van der Waals surface area contributed by atoms with Crippen LogP contribution in [-0.2, 0) is 6.42 Å². The second-order valence-corrected chi connectivity index (χ2v) is 5.20. The van der Waals surface area contributed by atoms with Gasteiger partial charge < -0.3 is 4.90 Å². The van der Waals surface area contributed by atoms with Crippen molar-refractivity contribution < 1.29 is 9.18 Å². The number of benzene rings is 2. The molecular formula is C17H16FNO. The topological polar surface area (TPSA) is 20.3 Å². The van der Waals surface area contributed by atoms with Gasteiger partial charge in [-0.15, -0.1) is 0 Å². The van der Waals surface area contributed by atoms with E-state index in [1.807, 2.05) is 31.2 Å².